The van der Waals surface area contributed by atoms with Gasteiger partial charge in [0.2, 0.25) is 11.8 Å². The van der Waals surface area contributed by atoms with Crippen LogP contribution in [-0.2, 0) is 19.2 Å². The highest BCUT2D eigenvalue weighted by Gasteiger charge is 2.43. The van der Waals surface area contributed by atoms with Crippen molar-refractivity contribution in [2.45, 2.75) is 24.9 Å². The molecule has 2 aliphatic heterocycles. The monoisotopic (exact) mass is 440 g/mol. The van der Waals surface area contributed by atoms with Crippen LogP contribution in [-0.4, -0.2) is 67.8 Å². The molecule has 2 aromatic rings. The molecule has 2 N–H and O–H groups in total. The quantitative estimate of drug-likeness (QED) is 0.726. The van der Waals surface area contributed by atoms with Gasteiger partial charge < -0.3 is 20.0 Å². The zero-order valence-electron chi connectivity index (χ0n) is 17.7. The number of rotatable bonds is 4. The molecule has 0 saturated carbocycles. The van der Waals surface area contributed by atoms with E-state index in [2.05, 4.69) is 9.97 Å². The Hall–Kier alpha value is -3.82. The topological polar surface area (TPSA) is 141 Å². The molecule has 2 amide bonds. The van der Waals surface area contributed by atoms with Crippen molar-refractivity contribution < 1.29 is 29.4 Å². The van der Waals surface area contributed by atoms with Gasteiger partial charge in [0.15, 0.2) is 0 Å². The van der Waals surface area contributed by atoms with Gasteiger partial charge in [-0.15, -0.1) is 0 Å². The Bertz CT molecular complexity index is 918. The van der Waals surface area contributed by atoms with Crippen LogP contribution in [0.4, 0.5) is 0 Å². The van der Waals surface area contributed by atoms with Crippen molar-refractivity contribution in [1.29, 1.82) is 0 Å². The van der Waals surface area contributed by atoms with E-state index in [-0.39, 0.29) is 24.7 Å². The first-order chi connectivity index (χ1) is 15.2. The van der Waals surface area contributed by atoms with Gasteiger partial charge in [-0.25, -0.2) is 0 Å². The van der Waals surface area contributed by atoms with Crippen LogP contribution in [0.5, 0.6) is 0 Å². The van der Waals surface area contributed by atoms with Crippen LogP contribution in [0.3, 0.4) is 0 Å². The van der Waals surface area contributed by atoms with Crippen molar-refractivity contribution >= 4 is 23.8 Å². The third kappa shape index (κ3) is 4.58. The lowest BCUT2D eigenvalue weighted by atomic mass is 9.95. The summed E-state index contributed by atoms with van der Waals surface area (Å²) in [5.41, 5.74) is 1.53. The van der Waals surface area contributed by atoms with Gasteiger partial charge in [0.25, 0.3) is 0 Å². The third-order valence-electron chi connectivity index (χ3n) is 5.86. The van der Waals surface area contributed by atoms with Crippen molar-refractivity contribution in [2.24, 2.45) is 11.8 Å². The number of carboxylic acids is 2. The van der Waals surface area contributed by atoms with Gasteiger partial charge in [-0.1, -0.05) is 12.1 Å². The molecular formula is C22H24N4O6. The van der Waals surface area contributed by atoms with Gasteiger partial charge in [-0.05, 0) is 23.3 Å². The highest BCUT2D eigenvalue weighted by molar-refractivity contribution is 5.87. The molecule has 0 spiro atoms. The van der Waals surface area contributed by atoms with Gasteiger partial charge in [-0.2, -0.15) is 0 Å². The van der Waals surface area contributed by atoms with Crippen molar-refractivity contribution in [3.05, 3.63) is 60.2 Å². The van der Waals surface area contributed by atoms with Crippen LogP contribution in [0.25, 0.3) is 0 Å². The maximum absolute atomic E-state index is 11.5. The molecule has 10 heteroatoms. The third-order valence-corrected chi connectivity index (χ3v) is 5.86. The minimum atomic E-state index is -0.938. The van der Waals surface area contributed by atoms with Crippen LogP contribution < -0.4 is 0 Å². The normalized spacial score (nSPS) is 24.8. The van der Waals surface area contributed by atoms with Crippen molar-refractivity contribution in [2.75, 3.05) is 14.1 Å². The number of carbonyl (C=O) groups excluding carboxylic acids is 2. The lowest BCUT2D eigenvalue weighted by molar-refractivity contribution is -0.143. The predicted molar refractivity (Wildman–Crippen MR) is 111 cm³/mol. The number of aromatic nitrogens is 2. The first kappa shape index (κ1) is 22.9. The summed E-state index contributed by atoms with van der Waals surface area (Å²) >= 11 is 0. The fraction of sp³-hybridized carbons (Fsp3) is 0.364. The average molecular weight is 440 g/mol. The minimum Gasteiger partial charge on any atom is -0.481 e. The van der Waals surface area contributed by atoms with E-state index >= 15 is 0 Å². The lowest BCUT2D eigenvalue weighted by Gasteiger charge is -2.22. The van der Waals surface area contributed by atoms with E-state index in [1.807, 2.05) is 0 Å². The molecule has 4 heterocycles. The molecule has 168 valence electrons. The maximum atomic E-state index is 11.5. The zero-order valence-corrected chi connectivity index (χ0v) is 17.7. The second-order valence-electron chi connectivity index (χ2n) is 7.77. The summed E-state index contributed by atoms with van der Waals surface area (Å²) in [6.07, 6.45) is 6.58. The Kier molecular flexibility index (Phi) is 6.82. The van der Waals surface area contributed by atoms with Crippen molar-refractivity contribution in [3.8, 4) is 0 Å². The molecule has 2 saturated heterocycles. The molecule has 2 aliphatic rings. The van der Waals surface area contributed by atoms with Crippen LogP contribution >= 0.6 is 0 Å². The van der Waals surface area contributed by atoms with Crippen LogP contribution in [0.1, 0.15) is 36.1 Å². The molecule has 2 unspecified atom stereocenters. The smallest absolute Gasteiger partial charge is 0.309 e. The second kappa shape index (κ2) is 9.54. The molecular weight excluding hydrogens is 416 g/mol. The van der Waals surface area contributed by atoms with Gasteiger partial charge >= 0.3 is 11.9 Å². The molecule has 2 fully saturated rings. The number of carboxylic acid groups (broad SMARTS) is 2. The Balaban J connectivity index is 0.000000181. The van der Waals surface area contributed by atoms with Gasteiger partial charge in [0.1, 0.15) is 0 Å². The number of nitrogens with zero attached hydrogens (tertiary/aromatic N) is 4. The van der Waals surface area contributed by atoms with Crippen LogP contribution in [0.15, 0.2) is 49.1 Å². The van der Waals surface area contributed by atoms with Crippen molar-refractivity contribution in [3.63, 3.8) is 0 Å². The Morgan fingerprint density at radius 1 is 0.812 bits per heavy atom. The zero-order chi connectivity index (χ0) is 23.4. The molecule has 0 radical (unpaired) electrons. The first-order valence-electron chi connectivity index (χ1n) is 9.99. The fourth-order valence-corrected chi connectivity index (χ4v) is 4.20. The summed E-state index contributed by atoms with van der Waals surface area (Å²) in [4.78, 5) is 56.1. The van der Waals surface area contributed by atoms with Gasteiger partial charge in [0, 0.05) is 51.7 Å². The highest BCUT2D eigenvalue weighted by Crippen LogP contribution is 2.37. The lowest BCUT2D eigenvalue weighted by Crippen LogP contribution is -2.26. The Morgan fingerprint density at radius 3 is 1.47 bits per heavy atom. The van der Waals surface area contributed by atoms with E-state index < -0.39 is 35.9 Å². The summed E-state index contributed by atoms with van der Waals surface area (Å²) in [5.74, 6) is -3.51. The Labute approximate surface area is 184 Å². The first-order valence-corrected chi connectivity index (χ1v) is 9.99. The second-order valence-corrected chi connectivity index (χ2v) is 7.77. The van der Waals surface area contributed by atoms with E-state index in [0.29, 0.717) is 0 Å². The summed E-state index contributed by atoms with van der Waals surface area (Å²) < 4.78 is 0. The largest absolute Gasteiger partial charge is 0.481 e. The van der Waals surface area contributed by atoms with Gasteiger partial charge in [0.05, 0.1) is 23.9 Å². The van der Waals surface area contributed by atoms with E-state index in [1.54, 1.807) is 63.1 Å². The molecule has 32 heavy (non-hydrogen) atoms. The number of hydrogen-bond acceptors (Lipinski definition) is 6. The summed E-state index contributed by atoms with van der Waals surface area (Å²) in [5, 5.41) is 18.2. The van der Waals surface area contributed by atoms with Crippen LogP contribution in [0, 0.1) is 11.8 Å². The number of hydrogen-bond donors (Lipinski definition) is 2. The van der Waals surface area contributed by atoms with E-state index in [1.165, 1.54) is 9.80 Å². The highest BCUT2D eigenvalue weighted by atomic mass is 16.4. The summed E-state index contributed by atoms with van der Waals surface area (Å²) in [6.45, 7) is 0. The van der Waals surface area contributed by atoms with E-state index in [9.17, 15) is 19.2 Å². The summed E-state index contributed by atoms with van der Waals surface area (Å²) in [7, 11) is 3.26. The molecule has 4 atom stereocenters. The SMILES string of the molecule is CN1C(=O)CC(C(=O)O)[C@@H]1c1cccnc1.CN1C(=O)C[C@H](C(=O)O)C1c1cccnc1. The molecule has 0 bridgehead atoms. The Morgan fingerprint density at radius 2 is 1.19 bits per heavy atom. The predicted octanol–water partition coefficient (Wildman–Crippen LogP) is 1.37. The number of amides is 2. The maximum Gasteiger partial charge on any atom is 0.309 e. The molecule has 0 aromatic carbocycles. The van der Waals surface area contributed by atoms with Crippen molar-refractivity contribution in [1.82, 2.24) is 19.8 Å². The molecule has 10 nitrogen and oxygen atoms in total. The number of pyridine rings is 2. The number of carbonyl (C=O) groups is 4. The average Bonchev–Trinajstić information content (AvgIpc) is 3.26. The summed E-state index contributed by atoms with van der Waals surface area (Å²) in [6, 6.07) is 6.26. The van der Waals surface area contributed by atoms with Crippen LogP contribution in [0.2, 0.25) is 0 Å². The fourth-order valence-electron chi connectivity index (χ4n) is 4.20. The number of likely N-dealkylation sites (tertiary alicyclic amines) is 2. The molecule has 2 aromatic heterocycles. The molecule has 4 rings (SSSR count). The minimum absolute atomic E-state index is 0.0609. The molecule has 0 aliphatic carbocycles. The standard InChI is InChI=1S/2C11H12N2O3/c2*1-13-9(14)5-8(11(15)16)10(13)7-3-2-4-12-6-7/h2*2-4,6,8,10H,5H2,1H3,(H,15,16)/t8?,10-;8-,10?/m00/s1. The van der Waals surface area contributed by atoms with Gasteiger partial charge in [-0.3, -0.25) is 29.1 Å². The number of aliphatic carboxylic acids is 2. The van der Waals surface area contributed by atoms with E-state index in [4.69, 9.17) is 10.2 Å². The van der Waals surface area contributed by atoms with E-state index in [0.717, 1.165) is 11.1 Å².